The number of rotatable bonds is 2. The first-order chi connectivity index (χ1) is 7.74. The van der Waals surface area contributed by atoms with E-state index in [-0.39, 0.29) is 10.6 Å². The molecule has 1 aliphatic rings. The van der Waals surface area contributed by atoms with Crippen molar-refractivity contribution in [1.82, 2.24) is 15.5 Å². The third kappa shape index (κ3) is 2.05. The zero-order valence-electron chi connectivity index (χ0n) is 9.16. The maximum absolute atomic E-state index is 11.4. The summed E-state index contributed by atoms with van der Waals surface area (Å²) < 4.78 is 0. The lowest BCUT2D eigenvalue weighted by Gasteiger charge is -2.37. The van der Waals surface area contributed by atoms with E-state index in [0.717, 1.165) is 31.7 Å². The highest BCUT2D eigenvalue weighted by Gasteiger charge is 2.23. The number of anilines is 1. The molecule has 2 N–H and O–H groups in total. The minimum Gasteiger partial charge on any atom is -0.363 e. The highest BCUT2D eigenvalue weighted by Crippen LogP contribution is 2.24. The summed E-state index contributed by atoms with van der Waals surface area (Å²) in [5.74, 6) is 0. The van der Waals surface area contributed by atoms with Gasteiger partial charge in [-0.05, 0) is 6.42 Å². The summed E-state index contributed by atoms with van der Waals surface area (Å²) in [5, 5.41) is 9.70. The Morgan fingerprint density at radius 1 is 1.69 bits per heavy atom. The van der Waals surface area contributed by atoms with E-state index < -0.39 is 0 Å². The highest BCUT2D eigenvalue weighted by molar-refractivity contribution is 6.33. The molecule has 5 nitrogen and oxygen atoms in total. The molecule has 1 atom stereocenters. The lowest BCUT2D eigenvalue weighted by Crippen LogP contribution is -2.51. The molecule has 1 fully saturated rings. The quantitative estimate of drug-likeness (QED) is 0.798. The minimum atomic E-state index is -0.326. The minimum absolute atomic E-state index is 0.232. The molecular weight excluding hydrogens is 228 g/mol. The van der Waals surface area contributed by atoms with Crippen molar-refractivity contribution in [2.24, 2.45) is 0 Å². The molecule has 1 aromatic heterocycles. The summed E-state index contributed by atoms with van der Waals surface area (Å²) in [5.41, 5.74) is 0.409. The molecule has 0 radical (unpaired) electrons. The number of piperazine rings is 1. The molecular formula is C10H15ClN4O. The second-order valence-electron chi connectivity index (χ2n) is 3.86. The maximum atomic E-state index is 11.4. The van der Waals surface area contributed by atoms with Crippen molar-refractivity contribution >= 4 is 17.3 Å². The van der Waals surface area contributed by atoms with Gasteiger partial charge in [0.1, 0.15) is 5.02 Å². The van der Waals surface area contributed by atoms with Gasteiger partial charge >= 0.3 is 0 Å². The fourth-order valence-electron chi connectivity index (χ4n) is 2.02. The van der Waals surface area contributed by atoms with Gasteiger partial charge in [-0.2, -0.15) is 5.10 Å². The molecule has 0 spiro atoms. The summed E-state index contributed by atoms with van der Waals surface area (Å²) in [6, 6.07) is 0.370. The van der Waals surface area contributed by atoms with Gasteiger partial charge in [0, 0.05) is 25.7 Å². The summed E-state index contributed by atoms with van der Waals surface area (Å²) in [7, 11) is 0. The average Bonchev–Trinajstić information content (AvgIpc) is 2.33. The third-order valence-electron chi connectivity index (χ3n) is 2.91. The van der Waals surface area contributed by atoms with Gasteiger partial charge in [0.2, 0.25) is 0 Å². The Hall–Kier alpha value is -1.07. The number of aromatic nitrogens is 2. The Morgan fingerprint density at radius 3 is 3.25 bits per heavy atom. The van der Waals surface area contributed by atoms with Crippen LogP contribution in [0.25, 0.3) is 0 Å². The van der Waals surface area contributed by atoms with Gasteiger partial charge in [0.15, 0.2) is 0 Å². The van der Waals surface area contributed by atoms with Gasteiger partial charge in [0.05, 0.1) is 11.9 Å². The van der Waals surface area contributed by atoms with Crippen molar-refractivity contribution in [3.8, 4) is 0 Å². The summed E-state index contributed by atoms with van der Waals surface area (Å²) in [6.45, 7) is 4.79. The van der Waals surface area contributed by atoms with E-state index in [1.165, 1.54) is 0 Å². The monoisotopic (exact) mass is 242 g/mol. The molecule has 88 valence electrons. The third-order valence-corrected chi connectivity index (χ3v) is 3.27. The van der Waals surface area contributed by atoms with Crippen molar-refractivity contribution < 1.29 is 0 Å². The molecule has 0 aliphatic carbocycles. The van der Waals surface area contributed by atoms with E-state index in [1.54, 1.807) is 6.20 Å². The van der Waals surface area contributed by atoms with Crippen LogP contribution in [-0.2, 0) is 0 Å². The number of nitrogens with zero attached hydrogens (tertiary/aromatic N) is 2. The molecule has 16 heavy (non-hydrogen) atoms. The van der Waals surface area contributed by atoms with Crippen molar-refractivity contribution in [2.45, 2.75) is 19.4 Å². The number of nitrogens with one attached hydrogen (secondary N) is 2. The van der Waals surface area contributed by atoms with E-state index in [1.807, 2.05) is 0 Å². The average molecular weight is 243 g/mol. The van der Waals surface area contributed by atoms with Crippen molar-refractivity contribution in [1.29, 1.82) is 0 Å². The van der Waals surface area contributed by atoms with Crippen molar-refractivity contribution in [3.63, 3.8) is 0 Å². The number of H-pyrrole nitrogens is 1. The van der Waals surface area contributed by atoms with E-state index >= 15 is 0 Å². The fraction of sp³-hybridized carbons (Fsp3) is 0.600. The zero-order valence-corrected chi connectivity index (χ0v) is 9.92. The van der Waals surface area contributed by atoms with Gasteiger partial charge in [-0.3, -0.25) is 4.79 Å². The molecule has 0 bridgehead atoms. The summed E-state index contributed by atoms with van der Waals surface area (Å²) in [4.78, 5) is 13.5. The molecule has 0 saturated carbocycles. The van der Waals surface area contributed by atoms with Crippen molar-refractivity contribution in [2.75, 3.05) is 24.5 Å². The first-order valence-corrected chi connectivity index (χ1v) is 5.82. The van der Waals surface area contributed by atoms with E-state index in [2.05, 4.69) is 27.3 Å². The first-order valence-electron chi connectivity index (χ1n) is 5.44. The number of hydrogen-bond acceptors (Lipinski definition) is 4. The lowest BCUT2D eigenvalue weighted by molar-refractivity contribution is 0.465. The number of aromatic amines is 1. The van der Waals surface area contributed by atoms with Gasteiger partial charge in [-0.15, -0.1) is 0 Å². The fourth-order valence-corrected chi connectivity index (χ4v) is 2.22. The van der Waals surface area contributed by atoms with E-state index in [0.29, 0.717) is 6.04 Å². The molecule has 1 aliphatic heterocycles. The van der Waals surface area contributed by atoms with Crippen LogP contribution in [0.3, 0.4) is 0 Å². The van der Waals surface area contributed by atoms with Crippen LogP contribution in [0.5, 0.6) is 0 Å². The highest BCUT2D eigenvalue weighted by atomic mass is 35.5. The van der Waals surface area contributed by atoms with Crippen LogP contribution < -0.4 is 15.8 Å². The number of halogens is 1. The molecule has 1 saturated heterocycles. The summed E-state index contributed by atoms with van der Waals surface area (Å²) >= 11 is 6.00. The van der Waals surface area contributed by atoms with Crippen LogP contribution in [0.2, 0.25) is 5.02 Å². The smallest absolute Gasteiger partial charge is 0.285 e. The normalized spacial score (nSPS) is 21.1. The molecule has 1 aromatic rings. The standard InChI is InChI=1S/C10H15ClN4O/c1-2-7-5-12-3-4-15(7)8-6-13-14-10(16)9(8)11/h6-7,12H,2-5H2,1H3,(H,14,16)/t7-/m1/s1. The Labute approximate surface area is 98.8 Å². The van der Waals surface area contributed by atoms with Gasteiger partial charge in [-0.25, -0.2) is 5.10 Å². The second kappa shape index (κ2) is 4.84. The van der Waals surface area contributed by atoms with Gasteiger partial charge < -0.3 is 10.2 Å². The topological polar surface area (TPSA) is 61.0 Å². The van der Waals surface area contributed by atoms with E-state index in [4.69, 9.17) is 11.6 Å². The Morgan fingerprint density at radius 2 is 2.50 bits per heavy atom. The van der Waals surface area contributed by atoms with Crippen molar-refractivity contribution in [3.05, 3.63) is 21.6 Å². The van der Waals surface area contributed by atoms with Crippen LogP contribution in [-0.4, -0.2) is 35.9 Å². The van der Waals surface area contributed by atoms with Crippen LogP contribution in [0.1, 0.15) is 13.3 Å². The van der Waals surface area contributed by atoms with Crippen LogP contribution in [0, 0.1) is 0 Å². The molecule has 0 aromatic carbocycles. The van der Waals surface area contributed by atoms with Crippen LogP contribution >= 0.6 is 11.6 Å². The largest absolute Gasteiger partial charge is 0.363 e. The first kappa shape index (κ1) is 11.4. The zero-order chi connectivity index (χ0) is 11.5. The predicted molar refractivity (Wildman–Crippen MR) is 64.2 cm³/mol. The number of hydrogen-bond donors (Lipinski definition) is 2. The SMILES string of the molecule is CC[C@@H]1CNCCN1c1cn[nH]c(=O)c1Cl. The lowest BCUT2D eigenvalue weighted by atomic mass is 10.1. The van der Waals surface area contributed by atoms with Crippen LogP contribution in [0.4, 0.5) is 5.69 Å². The Balaban J connectivity index is 2.34. The van der Waals surface area contributed by atoms with E-state index in [9.17, 15) is 4.79 Å². The Bertz CT molecular complexity index is 420. The van der Waals surface area contributed by atoms with Gasteiger partial charge in [0.25, 0.3) is 5.56 Å². The van der Waals surface area contributed by atoms with Gasteiger partial charge in [-0.1, -0.05) is 18.5 Å². The second-order valence-corrected chi connectivity index (χ2v) is 4.24. The predicted octanol–water partition coefficient (Wildman–Crippen LogP) is 0.611. The summed E-state index contributed by atoms with van der Waals surface area (Å²) in [6.07, 6.45) is 2.63. The molecule has 0 unspecified atom stereocenters. The maximum Gasteiger partial charge on any atom is 0.285 e. The van der Waals surface area contributed by atoms with Crippen LogP contribution in [0.15, 0.2) is 11.0 Å². The Kier molecular flexibility index (Phi) is 3.46. The molecule has 6 heteroatoms. The molecule has 2 heterocycles. The molecule has 0 amide bonds. The molecule has 2 rings (SSSR count).